The predicted molar refractivity (Wildman–Crippen MR) is 75.4 cm³/mol. The minimum Gasteiger partial charge on any atom is -0.481 e. The minimum atomic E-state index is -0.891. The number of hydrogen-bond donors (Lipinski definition) is 1. The molecule has 0 saturated heterocycles. The molecule has 1 heterocycles. The molecule has 6 heteroatoms. The molecule has 1 N–H and O–H groups in total. The van der Waals surface area contributed by atoms with E-state index >= 15 is 0 Å². The molecule has 0 unspecified atom stereocenters. The van der Waals surface area contributed by atoms with Crippen molar-refractivity contribution >= 4 is 28.8 Å². The number of carboxylic acids is 1. The van der Waals surface area contributed by atoms with Gasteiger partial charge in [-0.05, 0) is 30.9 Å². The molecule has 1 aliphatic rings. The molecule has 2 aromatic rings. The smallest absolute Gasteiger partial charge is 0.313 e. The SMILES string of the molecule is O=C(O)CSc1nc2c(F)cccc2n1CC1CCC1. The zero-order valence-corrected chi connectivity index (χ0v) is 11.7. The molecule has 4 nitrogen and oxygen atoms in total. The fourth-order valence-corrected chi connectivity index (χ4v) is 3.18. The number of aliphatic carboxylic acids is 1. The summed E-state index contributed by atoms with van der Waals surface area (Å²) < 4.78 is 15.8. The molecule has 1 saturated carbocycles. The van der Waals surface area contributed by atoms with Crippen molar-refractivity contribution in [2.75, 3.05) is 5.75 Å². The third-order valence-corrected chi connectivity index (χ3v) is 4.65. The third-order valence-electron chi connectivity index (χ3n) is 3.68. The lowest BCUT2D eigenvalue weighted by molar-refractivity contribution is -0.133. The standard InChI is InChI=1S/C14H15FN2O2S/c15-10-5-2-6-11-13(10)16-14(20-8-12(18)19)17(11)7-9-3-1-4-9/h2,5-6,9H,1,3-4,7-8H2,(H,18,19). The molecule has 0 bridgehead atoms. The van der Waals surface area contributed by atoms with Crippen LogP contribution in [0.15, 0.2) is 23.4 Å². The predicted octanol–water partition coefficient (Wildman–Crippen LogP) is 3.15. The highest BCUT2D eigenvalue weighted by Gasteiger charge is 2.22. The number of para-hydroxylation sites is 1. The van der Waals surface area contributed by atoms with Gasteiger partial charge in [-0.3, -0.25) is 4.79 Å². The Morgan fingerprint density at radius 3 is 2.95 bits per heavy atom. The Kier molecular flexibility index (Phi) is 3.65. The molecule has 1 fully saturated rings. The summed E-state index contributed by atoms with van der Waals surface area (Å²) in [6, 6.07) is 4.89. The first kappa shape index (κ1) is 13.4. The van der Waals surface area contributed by atoms with Gasteiger partial charge in [0.1, 0.15) is 5.52 Å². The van der Waals surface area contributed by atoms with Crippen molar-refractivity contribution < 1.29 is 14.3 Å². The number of benzene rings is 1. The number of rotatable bonds is 5. The number of carbonyl (C=O) groups is 1. The number of imidazole rings is 1. The maximum atomic E-state index is 13.8. The fourth-order valence-electron chi connectivity index (χ4n) is 2.44. The van der Waals surface area contributed by atoms with E-state index in [1.165, 1.54) is 25.3 Å². The van der Waals surface area contributed by atoms with Crippen molar-refractivity contribution in [2.45, 2.75) is 31.0 Å². The van der Waals surface area contributed by atoms with Gasteiger partial charge in [-0.1, -0.05) is 24.2 Å². The Bertz CT molecular complexity index is 652. The van der Waals surface area contributed by atoms with Gasteiger partial charge in [0, 0.05) is 6.54 Å². The Labute approximate surface area is 120 Å². The quantitative estimate of drug-likeness (QED) is 0.861. The molecule has 0 amide bonds. The van der Waals surface area contributed by atoms with E-state index in [2.05, 4.69) is 4.98 Å². The zero-order chi connectivity index (χ0) is 14.1. The zero-order valence-electron chi connectivity index (χ0n) is 10.9. The van der Waals surface area contributed by atoms with Gasteiger partial charge in [0.2, 0.25) is 0 Å². The van der Waals surface area contributed by atoms with Crippen LogP contribution in [0.25, 0.3) is 11.0 Å². The average molecular weight is 294 g/mol. The molecule has 106 valence electrons. The molecule has 0 radical (unpaired) electrons. The molecular weight excluding hydrogens is 279 g/mol. The molecule has 20 heavy (non-hydrogen) atoms. The van der Waals surface area contributed by atoms with Crippen molar-refractivity contribution in [3.8, 4) is 0 Å². The third kappa shape index (κ3) is 2.52. The largest absolute Gasteiger partial charge is 0.481 e. The van der Waals surface area contributed by atoms with Gasteiger partial charge in [0.15, 0.2) is 11.0 Å². The average Bonchev–Trinajstić information content (AvgIpc) is 2.71. The summed E-state index contributed by atoms with van der Waals surface area (Å²) in [5.41, 5.74) is 1.09. The van der Waals surface area contributed by atoms with Crippen LogP contribution in [0.2, 0.25) is 0 Å². The summed E-state index contributed by atoms with van der Waals surface area (Å²) >= 11 is 1.15. The number of thioether (sulfide) groups is 1. The van der Waals surface area contributed by atoms with Crippen molar-refractivity contribution in [1.82, 2.24) is 9.55 Å². The summed E-state index contributed by atoms with van der Waals surface area (Å²) in [4.78, 5) is 15.0. The molecule has 0 aliphatic heterocycles. The molecule has 0 atom stereocenters. The molecule has 1 aliphatic carbocycles. The van der Waals surface area contributed by atoms with Crippen LogP contribution < -0.4 is 0 Å². The second kappa shape index (κ2) is 5.44. The molecule has 0 spiro atoms. The van der Waals surface area contributed by atoms with E-state index in [-0.39, 0.29) is 11.6 Å². The van der Waals surface area contributed by atoms with Crippen molar-refractivity contribution in [1.29, 1.82) is 0 Å². The normalized spacial score (nSPS) is 15.4. The number of hydrogen-bond acceptors (Lipinski definition) is 3. The fraction of sp³-hybridized carbons (Fsp3) is 0.429. The van der Waals surface area contributed by atoms with Gasteiger partial charge in [-0.25, -0.2) is 9.37 Å². The molecule has 1 aromatic carbocycles. The van der Waals surface area contributed by atoms with E-state index in [0.717, 1.165) is 23.8 Å². The Hall–Kier alpha value is -1.56. The first-order valence-electron chi connectivity index (χ1n) is 6.64. The number of carboxylic acid groups (broad SMARTS) is 1. The molecular formula is C14H15FN2O2S. The van der Waals surface area contributed by atoms with Crippen molar-refractivity contribution in [2.24, 2.45) is 5.92 Å². The van der Waals surface area contributed by atoms with E-state index in [4.69, 9.17) is 5.11 Å². The summed E-state index contributed by atoms with van der Waals surface area (Å²) in [5.74, 6) is -0.708. The Morgan fingerprint density at radius 2 is 2.30 bits per heavy atom. The van der Waals surface area contributed by atoms with Crippen LogP contribution in [0.4, 0.5) is 4.39 Å². The lowest BCUT2D eigenvalue weighted by Crippen LogP contribution is -2.18. The number of nitrogens with zero attached hydrogens (tertiary/aromatic N) is 2. The van der Waals surface area contributed by atoms with E-state index in [9.17, 15) is 9.18 Å². The van der Waals surface area contributed by atoms with Gasteiger partial charge < -0.3 is 9.67 Å². The second-order valence-electron chi connectivity index (χ2n) is 5.09. The molecule has 3 rings (SSSR count). The van der Waals surface area contributed by atoms with Crippen LogP contribution in [0.5, 0.6) is 0 Å². The van der Waals surface area contributed by atoms with Gasteiger partial charge >= 0.3 is 5.97 Å². The van der Waals surface area contributed by atoms with Crippen molar-refractivity contribution in [3.05, 3.63) is 24.0 Å². The van der Waals surface area contributed by atoms with Gasteiger partial charge in [-0.15, -0.1) is 0 Å². The monoisotopic (exact) mass is 294 g/mol. The number of halogens is 1. The van der Waals surface area contributed by atoms with E-state index in [0.29, 0.717) is 16.6 Å². The minimum absolute atomic E-state index is 0.0599. The number of fused-ring (bicyclic) bond motifs is 1. The number of aromatic nitrogens is 2. The van der Waals surface area contributed by atoms with Crippen LogP contribution in [0.3, 0.4) is 0 Å². The summed E-state index contributed by atoms with van der Waals surface area (Å²) in [5, 5.41) is 9.40. The summed E-state index contributed by atoms with van der Waals surface area (Å²) in [7, 11) is 0. The van der Waals surface area contributed by atoms with Crippen LogP contribution in [0.1, 0.15) is 19.3 Å². The first-order chi connectivity index (χ1) is 9.65. The van der Waals surface area contributed by atoms with Crippen LogP contribution in [-0.4, -0.2) is 26.4 Å². The highest BCUT2D eigenvalue weighted by Crippen LogP contribution is 2.32. The van der Waals surface area contributed by atoms with E-state index in [1.54, 1.807) is 6.07 Å². The van der Waals surface area contributed by atoms with Crippen molar-refractivity contribution in [3.63, 3.8) is 0 Å². The van der Waals surface area contributed by atoms with Gasteiger partial charge in [0.25, 0.3) is 0 Å². The molecule has 1 aromatic heterocycles. The lowest BCUT2D eigenvalue weighted by Gasteiger charge is -2.26. The summed E-state index contributed by atoms with van der Waals surface area (Å²) in [6.07, 6.45) is 3.60. The van der Waals surface area contributed by atoms with E-state index in [1.807, 2.05) is 10.6 Å². The summed E-state index contributed by atoms with van der Waals surface area (Å²) in [6.45, 7) is 0.794. The maximum Gasteiger partial charge on any atom is 0.313 e. The van der Waals surface area contributed by atoms with Crippen LogP contribution >= 0.6 is 11.8 Å². The topological polar surface area (TPSA) is 55.1 Å². The maximum absolute atomic E-state index is 13.8. The van der Waals surface area contributed by atoms with E-state index < -0.39 is 5.97 Å². The lowest BCUT2D eigenvalue weighted by atomic mass is 9.85. The highest BCUT2D eigenvalue weighted by molar-refractivity contribution is 7.99. The first-order valence-corrected chi connectivity index (χ1v) is 7.63. The highest BCUT2D eigenvalue weighted by atomic mass is 32.2. The van der Waals surface area contributed by atoms with Gasteiger partial charge in [0.05, 0.1) is 11.3 Å². The van der Waals surface area contributed by atoms with Gasteiger partial charge in [-0.2, -0.15) is 0 Å². The Balaban J connectivity index is 1.98. The Morgan fingerprint density at radius 1 is 1.50 bits per heavy atom. The van der Waals surface area contributed by atoms with Crippen LogP contribution in [-0.2, 0) is 11.3 Å². The van der Waals surface area contributed by atoms with Crippen LogP contribution in [0, 0.1) is 11.7 Å². The second-order valence-corrected chi connectivity index (χ2v) is 6.03.